The lowest BCUT2D eigenvalue weighted by Crippen LogP contribution is -2.49. The Labute approximate surface area is 112 Å². The van der Waals surface area contributed by atoms with Gasteiger partial charge < -0.3 is 10.1 Å². The van der Waals surface area contributed by atoms with E-state index in [-0.39, 0.29) is 5.78 Å². The molecule has 0 spiro atoms. The number of carboxylic acids is 1. The molecule has 2 N–H and O–H groups in total. The van der Waals surface area contributed by atoms with E-state index in [1.165, 1.54) is 0 Å². The highest BCUT2D eigenvalue weighted by Crippen LogP contribution is 2.21. The Kier molecular flexibility index (Phi) is 4.37. The molecule has 0 aromatic carbocycles. The first-order valence-electron chi connectivity index (χ1n) is 6.75. The van der Waals surface area contributed by atoms with Crippen molar-refractivity contribution < 1.29 is 14.7 Å². The first kappa shape index (κ1) is 13.8. The Balaban J connectivity index is 2.22. The maximum absolute atomic E-state index is 12.5. The van der Waals surface area contributed by atoms with Crippen LogP contribution in [-0.2, 0) is 4.79 Å². The lowest BCUT2D eigenvalue weighted by molar-refractivity contribution is -0.143. The quantitative estimate of drug-likeness (QED) is 0.795. The monoisotopic (exact) mass is 264 g/mol. The predicted octanol–water partition coefficient (Wildman–Crippen LogP) is 1.77. The molecule has 1 aromatic rings. The molecule has 1 aliphatic heterocycles. The lowest BCUT2D eigenvalue weighted by Gasteiger charge is -2.35. The van der Waals surface area contributed by atoms with E-state index in [4.69, 9.17) is 0 Å². The average molecular weight is 264 g/mol. The molecule has 1 aromatic heterocycles. The summed E-state index contributed by atoms with van der Waals surface area (Å²) in [4.78, 5) is 28.7. The molecule has 2 heterocycles. The van der Waals surface area contributed by atoms with Gasteiger partial charge in [0, 0.05) is 18.0 Å². The van der Waals surface area contributed by atoms with Crippen molar-refractivity contribution in [3.8, 4) is 0 Å². The van der Waals surface area contributed by atoms with E-state index < -0.39 is 17.9 Å². The SMILES string of the molecule is CC(C(=O)O)C(C(=O)c1cc[nH]c1)N1CCCCC1. The first-order chi connectivity index (χ1) is 9.11. The number of nitrogens with one attached hydrogen (secondary N) is 1. The van der Waals surface area contributed by atoms with E-state index in [0.29, 0.717) is 5.56 Å². The van der Waals surface area contributed by atoms with E-state index in [9.17, 15) is 14.7 Å². The third-order valence-corrected chi connectivity index (χ3v) is 3.80. The van der Waals surface area contributed by atoms with Crippen LogP contribution in [0, 0.1) is 5.92 Å². The number of H-pyrrole nitrogens is 1. The fourth-order valence-corrected chi connectivity index (χ4v) is 2.69. The standard InChI is InChI=1S/C14H20N2O3/c1-10(14(18)19)12(16-7-3-2-4-8-16)13(17)11-5-6-15-9-11/h5-6,9-10,12,15H,2-4,7-8H2,1H3,(H,18,19). The number of Topliss-reactive ketones (excluding diaryl/α,β-unsaturated/α-hetero) is 1. The summed E-state index contributed by atoms with van der Waals surface area (Å²) < 4.78 is 0. The van der Waals surface area contributed by atoms with Crippen LogP contribution in [0.3, 0.4) is 0 Å². The van der Waals surface area contributed by atoms with E-state index >= 15 is 0 Å². The smallest absolute Gasteiger partial charge is 0.308 e. The molecule has 1 saturated heterocycles. The van der Waals surface area contributed by atoms with Crippen molar-refractivity contribution in [1.29, 1.82) is 0 Å². The summed E-state index contributed by atoms with van der Waals surface area (Å²) >= 11 is 0. The molecule has 104 valence electrons. The number of piperidine rings is 1. The minimum absolute atomic E-state index is 0.0990. The molecular formula is C14H20N2O3. The molecule has 1 aliphatic rings. The molecule has 19 heavy (non-hydrogen) atoms. The number of ketones is 1. The summed E-state index contributed by atoms with van der Waals surface area (Å²) in [7, 11) is 0. The van der Waals surface area contributed by atoms with Gasteiger partial charge in [-0.2, -0.15) is 0 Å². The highest BCUT2D eigenvalue weighted by atomic mass is 16.4. The fraction of sp³-hybridized carbons (Fsp3) is 0.571. The highest BCUT2D eigenvalue weighted by molar-refractivity contribution is 6.02. The van der Waals surface area contributed by atoms with Gasteiger partial charge in [-0.25, -0.2) is 0 Å². The topological polar surface area (TPSA) is 73.4 Å². The summed E-state index contributed by atoms with van der Waals surface area (Å²) in [6, 6.07) is 1.14. The number of carboxylic acid groups (broad SMARTS) is 1. The predicted molar refractivity (Wildman–Crippen MR) is 71.1 cm³/mol. The van der Waals surface area contributed by atoms with Crippen LogP contribution in [0.1, 0.15) is 36.5 Å². The van der Waals surface area contributed by atoms with E-state index in [1.54, 1.807) is 25.4 Å². The Morgan fingerprint density at radius 3 is 2.53 bits per heavy atom. The van der Waals surface area contributed by atoms with Gasteiger partial charge in [0.25, 0.3) is 0 Å². The molecule has 2 rings (SSSR count). The number of aliphatic carboxylic acids is 1. The summed E-state index contributed by atoms with van der Waals surface area (Å²) in [5, 5.41) is 9.24. The summed E-state index contributed by atoms with van der Waals surface area (Å²) in [6.45, 7) is 3.23. The largest absolute Gasteiger partial charge is 0.481 e. The second kappa shape index (κ2) is 6.02. The van der Waals surface area contributed by atoms with Gasteiger partial charge in [0.05, 0.1) is 12.0 Å². The third kappa shape index (κ3) is 3.04. The van der Waals surface area contributed by atoms with Crippen LogP contribution in [0.2, 0.25) is 0 Å². The summed E-state index contributed by atoms with van der Waals surface area (Å²) in [5.74, 6) is -1.71. The van der Waals surface area contributed by atoms with Gasteiger partial charge in [-0.05, 0) is 38.9 Å². The van der Waals surface area contributed by atoms with Crippen molar-refractivity contribution in [2.45, 2.75) is 32.2 Å². The van der Waals surface area contributed by atoms with Gasteiger partial charge in [0.15, 0.2) is 5.78 Å². The maximum atomic E-state index is 12.5. The number of hydrogen-bond donors (Lipinski definition) is 2. The molecular weight excluding hydrogens is 244 g/mol. The molecule has 0 amide bonds. The Hall–Kier alpha value is -1.62. The Morgan fingerprint density at radius 1 is 1.32 bits per heavy atom. The molecule has 0 radical (unpaired) electrons. The number of aromatic amines is 1. The second-order valence-corrected chi connectivity index (χ2v) is 5.13. The van der Waals surface area contributed by atoms with Crippen LogP contribution in [0.15, 0.2) is 18.5 Å². The molecule has 0 aliphatic carbocycles. The number of hydrogen-bond acceptors (Lipinski definition) is 3. The average Bonchev–Trinajstić information content (AvgIpc) is 2.93. The van der Waals surface area contributed by atoms with Gasteiger partial charge in [-0.1, -0.05) is 6.42 Å². The Bertz CT molecular complexity index is 436. The van der Waals surface area contributed by atoms with Crippen LogP contribution in [0.5, 0.6) is 0 Å². The van der Waals surface area contributed by atoms with Crippen molar-refractivity contribution in [2.24, 2.45) is 5.92 Å². The van der Waals surface area contributed by atoms with Gasteiger partial charge >= 0.3 is 5.97 Å². The molecule has 2 unspecified atom stereocenters. The van der Waals surface area contributed by atoms with Gasteiger partial charge in [-0.3, -0.25) is 14.5 Å². The number of aromatic nitrogens is 1. The van der Waals surface area contributed by atoms with E-state index in [1.807, 2.05) is 4.90 Å². The first-order valence-corrected chi connectivity index (χ1v) is 6.75. The maximum Gasteiger partial charge on any atom is 0.308 e. The lowest BCUT2D eigenvalue weighted by atomic mass is 9.91. The minimum Gasteiger partial charge on any atom is -0.481 e. The van der Waals surface area contributed by atoms with Crippen LogP contribution in [0.4, 0.5) is 0 Å². The molecule has 5 nitrogen and oxygen atoms in total. The van der Waals surface area contributed by atoms with E-state index in [2.05, 4.69) is 4.98 Å². The van der Waals surface area contributed by atoms with Crippen LogP contribution < -0.4 is 0 Å². The summed E-state index contributed by atoms with van der Waals surface area (Å²) in [5.41, 5.74) is 0.559. The third-order valence-electron chi connectivity index (χ3n) is 3.80. The number of rotatable bonds is 5. The minimum atomic E-state index is -0.917. The molecule has 1 fully saturated rings. The van der Waals surface area contributed by atoms with Crippen molar-refractivity contribution in [1.82, 2.24) is 9.88 Å². The zero-order valence-corrected chi connectivity index (χ0v) is 11.1. The van der Waals surface area contributed by atoms with Gasteiger partial charge in [-0.15, -0.1) is 0 Å². The normalized spacial score (nSPS) is 19.8. The van der Waals surface area contributed by atoms with Crippen molar-refractivity contribution in [3.63, 3.8) is 0 Å². The van der Waals surface area contributed by atoms with Crippen molar-refractivity contribution in [2.75, 3.05) is 13.1 Å². The second-order valence-electron chi connectivity index (χ2n) is 5.13. The van der Waals surface area contributed by atoms with E-state index in [0.717, 1.165) is 32.4 Å². The summed E-state index contributed by atoms with van der Waals surface area (Å²) in [6.07, 6.45) is 6.54. The number of likely N-dealkylation sites (tertiary alicyclic amines) is 1. The van der Waals surface area contributed by atoms with Crippen molar-refractivity contribution in [3.05, 3.63) is 24.0 Å². The van der Waals surface area contributed by atoms with Crippen LogP contribution >= 0.6 is 0 Å². The van der Waals surface area contributed by atoms with Crippen molar-refractivity contribution >= 4 is 11.8 Å². The van der Waals surface area contributed by atoms with Crippen LogP contribution in [0.25, 0.3) is 0 Å². The Morgan fingerprint density at radius 2 is 2.00 bits per heavy atom. The molecule has 0 bridgehead atoms. The molecule has 5 heteroatoms. The fourth-order valence-electron chi connectivity index (χ4n) is 2.69. The zero-order valence-electron chi connectivity index (χ0n) is 11.1. The van der Waals surface area contributed by atoms with Crippen LogP contribution in [-0.4, -0.2) is 45.9 Å². The molecule has 0 saturated carbocycles. The molecule has 2 atom stereocenters. The number of carbonyl (C=O) groups is 2. The zero-order chi connectivity index (χ0) is 13.8. The highest BCUT2D eigenvalue weighted by Gasteiger charge is 2.36. The van der Waals surface area contributed by atoms with Gasteiger partial charge in [0.1, 0.15) is 0 Å². The number of nitrogens with zero attached hydrogens (tertiary/aromatic N) is 1. The number of carbonyl (C=O) groups excluding carboxylic acids is 1. The van der Waals surface area contributed by atoms with Gasteiger partial charge in [0.2, 0.25) is 0 Å².